The van der Waals surface area contributed by atoms with E-state index in [1.807, 2.05) is 24.3 Å². The van der Waals surface area contributed by atoms with Gasteiger partial charge in [0.05, 0.1) is 28.2 Å². The van der Waals surface area contributed by atoms with Crippen LogP contribution in [0.3, 0.4) is 0 Å². The van der Waals surface area contributed by atoms with E-state index in [9.17, 15) is 25.0 Å². The number of allylic oxidation sites excluding steroid dienone is 3. The van der Waals surface area contributed by atoms with E-state index in [1.54, 1.807) is 24.0 Å². The zero-order chi connectivity index (χ0) is 30.8. The number of anilines is 2. The maximum absolute atomic E-state index is 13.4. The van der Waals surface area contributed by atoms with Gasteiger partial charge in [-0.3, -0.25) is 24.6 Å². The number of hydrogen-bond acceptors (Lipinski definition) is 11. The van der Waals surface area contributed by atoms with Gasteiger partial charge in [-0.05, 0) is 42.9 Å². The van der Waals surface area contributed by atoms with Crippen LogP contribution in [0, 0.1) is 28.4 Å². The van der Waals surface area contributed by atoms with E-state index >= 15 is 0 Å². The normalized spacial score (nSPS) is 16.8. The standard InChI is InChI=1S/C30H29N7O4S2/c1-16(2)18-8-10-19(11-9-18)26-21(14-31)28(32)36(22-5-4-6-24(38)27(22)26)29-34-35-30(43-29)42-15-25(39)33-20-12-7-17(3)23(13-20)37(40)41/h7-13,16,26H,4-6,15,32H2,1-3H3,(H,33,39). The molecule has 43 heavy (non-hydrogen) atoms. The minimum atomic E-state index is -0.562. The Labute approximate surface area is 256 Å². The van der Waals surface area contributed by atoms with E-state index in [1.165, 1.54) is 17.4 Å². The van der Waals surface area contributed by atoms with Crippen LogP contribution in [0.1, 0.15) is 61.6 Å². The number of nitriles is 1. The minimum absolute atomic E-state index is 0.00798. The van der Waals surface area contributed by atoms with Gasteiger partial charge in [0.25, 0.3) is 5.69 Å². The molecule has 3 N–H and O–H groups in total. The van der Waals surface area contributed by atoms with Crippen LogP contribution < -0.4 is 16.0 Å². The summed E-state index contributed by atoms with van der Waals surface area (Å²) in [6.07, 6.45) is 1.64. The van der Waals surface area contributed by atoms with Gasteiger partial charge in [-0.15, -0.1) is 10.2 Å². The second-order valence-electron chi connectivity index (χ2n) is 10.6. The molecule has 0 radical (unpaired) electrons. The number of thioether (sulfide) groups is 1. The SMILES string of the molecule is Cc1ccc(NC(=O)CSc2nnc(N3C(N)=C(C#N)C(c4ccc(C(C)C)cc4)C4=C3CCCC4=O)s2)cc1[N+](=O)[O-]. The average Bonchev–Trinajstić information content (AvgIpc) is 3.45. The van der Waals surface area contributed by atoms with Crippen molar-refractivity contribution < 1.29 is 14.5 Å². The smallest absolute Gasteiger partial charge is 0.274 e. The van der Waals surface area contributed by atoms with Crippen molar-refractivity contribution in [1.29, 1.82) is 5.26 Å². The number of nitrogens with one attached hydrogen (secondary N) is 1. The highest BCUT2D eigenvalue weighted by Gasteiger charge is 2.41. The first-order chi connectivity index (χ1) is 20.6. The molecule has 11 nitrogen and oxygen atoms in total. The molecule has 220 valence electrons. The fourth-order valence-electron chi connectivity index (χ4n) is 5.27. The van der Waals surface area contributed by atoms with Crippen molar-refractivity contribution in [3.8, 4) is 6.07 Å². The first-order valence-electron chi connectivity index (χ1n) is 13.7. The third-order valence-corrected chi connectivity index (χ3v) is 9.49. The molecule has 0 saturated heterocycles. The fourth-order valence-corrected chi connectivity index (χ4v) is 6.95. The Hall–Kier alpha value is -4.54. The molecule has 1 aliphatic heterocycles. The Kier molecular flexibility index (Phi) is 8.61. The number of benzene rings is 2. The molecule has 1 aromatic heterocycles. The van der Waals surface area contributed by atoms with Crippen LogP contribution in [-0.4, -0.2) is 32.6 Å². The van der Waals surface area contributed by atoms with Crippen molar-refractivity contribution in [1.82, 2.24) is 10.2 Å². The van der Waals surface area contributed by atoms with Gasteiger partial charge < -0.3 is 11.1 Å². The Morgan fingerprint density at radius 2 is 2.00 bits per heavy atom. The Balaban J connectivity index is 1.39. The van der Waals surface area contributed by atoms with Crippen molar-refractivity contribution in [2.45, 2.75) is 56.2 Å². The first-order valence-corrected chi connectivity index (χ1v) is 15.5. The molecule has 3 aromatic rings. The summed E-state index contributed by atoms with van der Waals surface area (Å²) in [4.78, 5) is 38.3. The molecule has 0 fully saturated rings. The lowest BCUT2D eigenvalue weighted by molar-refractivity contribution is -0.385. The Bertz CT molecular complexity index is 1720. The molecule has 1 atom stereocenters. The van der Waals surface area contributed by atoms with E-state index in [4.69, 9.17) is 5.73 Å². The molecular weight excluding hydrogens is 587 g/mol. The predicted molar refractivity (Wildman–Crippen MR) is 166 cm³/mol. The number of aromatic nitrogens is 2. The number of nitrogens with zero attached hydrogens (tertiary/aromatic N) is 5. The zero-order valence-electron chi connectivity index (χ0n) is 23.8. The maximum Gasteiger partial charge on any atom is 0.274 e. The highest BCUT2D eigenvalue weighted by Crippen LogP contribution is 2.47. The van der Waals surface area contributed by atoms with Gasteiger partial charge in [-0.2, -0.15) is 5.26 Å². The molecule has 2 aliphatic rings. The summed E-state index contributed by atoms with van der Waals surface area (Å²) in [5.74, 6) is -0.396. The van der Waals surface area contributed by atoms with Crippen LogP contribution in [0.4, 0.5) is 16.5 Å². The topological polar surface area (TPSA) is 168 Å². The van der Waals surface area contributed by atoms with Crippen LogP contribution in [0.25, 0.3) is 0 Å². The van der Waals surface area contributed by atoms with Gasteiger partial charge in [-0.25, -0.2) is 0 Å². The van der Waals surface area contributed by atoms with Gasteiger partial charge >= 0.3 is 0 Å². The second kappa shape index (κ2) is 12.4. The average molecular weight is 616 g/mol. The summed E-state index contributed by atoms with van der Waals surface area (Å²) < 4.78 is 0.488. The summed E-state index contributed by atoms with van der Waals surface area (Å²) in [6, 6.07) is 14.7. The molecule has 5 rings (SSSR count). The van der Waals surface area contributed by atoms with E-state index < -0.39 is 10.8 Å². The van der Waals surface area contributed by atoms with Gasteiger partial charge in [0.1, 0.15) is 5.82 Å². The molecule has 2 heterocycles. The number of nitrogens with two attached hydrogens (primary N) is 1. The maximum atomic E-state index is 13.4. The van der Waals surface area contributed by atoms with E-state index in [0.29, 0.717) is 51.5 Å². The van der Waals surface area contributed by atoms with Crippen LogP contribution in [0.5, 0.6) is 0 Å². The van der Waals surface area contributed by atoms with Crippen molar-refractivity contribution in [2.24, 2.45) is 5.73 Å². The molecular formula is C30H29N7O4S2. The van der Waals surface area contributed by atoms with Crippen LogP contribution in [0.2, 0.25) is 0 Å². The number of nitro groups is 1. The predicted octanol–water partition coefficient (Wildman–Crippen LogP) is 5.91. The number of carbonyl (C=O) groups is 2. The summed E-state index contributed by atoms with van der Waals surface area (Å²) in [7, 11) is 0. The number of rotatable bonds is 8. The van der Waals surface area contributed by atoms with Gasteiger partial charge in [0.2, 0.25) is 11.0 Å². The summed E-state index contributed by atoms with van der Waals surface area (Å²) in [5.41, 5.74) is 10.9. The molecule has 1 aliphatic carbocycles. The quantitative estimate of drug-likeness (QED) is 0.176. The third-order valence-electron chi connectivity index (χ3n) is 7.45. The highest BCUT2D eigenvalue weighted by molar-refractivity contribution is 8.01. The van der Waals surface area contributed by atoms with Crippen LogP contribution in [-0.2, 0) is 9.59 Å². The minimum Gasteiger partial charge on any atom is -0.384 e. The summed E-state index contributed by atoms with van der Waals surface area (Å²) >= 11 is 2.35. The van der Waals surface area contributed by atoms with Crippen molar-refractivity contribution in [3.63, 3.8) is 0 Å². The lowest BCUT2D eigenvalue weighted by Crippen LogP contribution is -2.38. The molecule has 1 unspecified atom stereocenters. The molecule has 0 saturated carbocycles. The van der Waals surface area contributed by atoms with Crippen LogP contribution >= 0.6 is 23.1 Å². The number of carbonyl (C=O) groups excluding carboxylic acids is 2. The van der Waals surface area contributed by atoms with Gasteiger partial charge in [0, 0.05) is 35.0 Å². The number of aryl methyl sites for hydroxylation is 1. The molecule has 1 amide bonds. The second-order valence-corrected chi connectivity index (χ2v) is 12.8. The molecule has 0 bridgehead atoms. The molecule has 13 heteroatoms. The summed E-state index contributed by atoms with van der Waals surface area (Å²) in [6.45, 7) is 5.84. The third kappa shape index (κ3) is 6.02. The van der Waals surface area contributed by atoms with E-state index in [2.05, 4.69) is 35.4 Å². The molecule has 0 spiro atoms. The number of nitro benzene ring substituents is 1. The van der Waals surface area contributed by atoms with Crippen LogP contribution in [0.15, 0.2) is 69.5 Å². The van der Waals surface area contributed by atoms with E-state index in [0.717, 1.165) is 28.6 Å². The monoisotopic (exact) mass is 615 g/mol. The first kappa shape index (κ1) is 29.9. The van der Waals surface area contributed by atoms with Crippen molar-refractivity contribution in [3.05, 3.63) is 91.9 Å². The number of ketones is 1. The summed E-state index contributed by atoms with van der Waals surface area (Å²) in [5, 5.41) is 33.1. The van der Waals surface area contributed by atoms with Crippen molar-refractivity contribution >= 4 is 51.3 Å². The largest absolute Gasteiger partial charge is 0.384 e. The number of amides is 1. The fraction of sp³-hybridized carbons (Fsp3) is 0.300. The highest BCUT2D eigenvalue weighted by atomic mass is 32.2. The van der Waals surface area contributed by atoms with Gasteiger partial charge in [0.15, 0.2) is 10.1 Å². The van der Waals surface area contributed by atoms with Crippen molar-refractivity contribution in [2.75, 3.05) is 16.0 Å². The lowest BCUT2D eigenvalue weighted by Gasteiger charge is -2.38. The zero-order valence-corrected chi connectivity index (χ0v) is 25.4. The number of hydrogen-bond donors (Lipinski definition) is 2. The lowest BCUT2D eigenvalue weighted by atomic mass is 9.75. The Morgan fingerprint density at radius 3 is 2.67 bits per heavy atom. The number of Topliss-reactive ketones (excluding diaryl/α,β-unsaturated/α-hetero) is 1. The van der Waals surface area contributed by atoms with E-state index in [-0.39, 0.29) is 34.5 Å². The van der Waals surface area contributed by atoms with Gasteiger partial charge in [-0.1, -0.05) is 67.3 Å². The molecule has 2 aromatic carbocycles. The Morgan fingerprint density at radius 1 is 1.26 bits per heavy atom.